The topological polar surface area (TPSA) is 41.1 Å². The van der Waals surface area contributed by atoms with E-state index in [-0.39, 0.29) is 11.8 Å². The van der Waals surface area contributed by atoms with E-state index in [1.165, 1.54) is 18.4 Å². The largest absolute Gasteiger partial charge is 0.353 e. The number of benzene rings is 1. The molecular formula is C18H26N2O. The molecule has 3 atom stereocenters. The highest BCUT2D eigenvalue weighted by molar-refractivity contribution is 5.79. The van der Waals surface area contributed by atoms with Gasteiger partial charge in [-0.25, -0.2) is 0 Å². The van der Waals surface area contributed by atoms with Gasteiger partial charge in [-0.1, -0.05) is 43.7 Å². The van der Waals surface area contributed by atoms with Crippen molar-refractivity contribution in [1.82, 2.24) is 10.6 Å². The highest BCUT2D eigenvalue weighted by Gasteiger charge is 2.33. The number of carbonyl (C=O) groups excluding carboxylic acids is 1. The molecule has 3 nitrogen and oxygen atoms in total. The fraction of sp³-hybridized carbons (Fsp3) is 0.611. The Kier molecular flexibility index (Phi) is 4.59. The summed E-state index contributed by atoms with van der Waals surface area (Å²) in [5.41, 5.74) is 1.39. The quantitative estimate of drug-likeness (QED) is 0.872. The first-order valence-corrected chi connectivity index (χ1v) is 8.29. The Morgan fingerprint density at radius 3 is 2.71 bits per heavy atom. The van der Waals surface area contributed by atoms with Crippen molar-refractivity contribution in [3.63, 3.8) is 0 Å². The fourth-order valence-electron chi connectivity index (χ4n) is 3.58. The third-order valence-corrected chi connectivity index (χ3v) is 5.26. The fourth-order valence-corrected chi connectivity index (χ4v) is 3.58. The Morgan fingerprint density at radius 1 is 1.29 bits per heavy atom. The second-order valence-corrected chi connectivity index (χ2v) is 6.70. The van der Waals surface area contributed by atoms with E-state index in [1.54, 1.807) is 0 Å². The van der Waals surface area contributed by atoms with Gasteiger partial charge in [-0.2, -0.15) is 0 Å². The third kappa shape index (κ3) is 3.46. The van der Waals surface area contributed by atoms with Gasteiger partial charge in [-0.15, -0.1) is 0 Å². The van der Waals surface area contributed by atoms with E-state index in [1.807, 2.05) is 0 Å². The van der Waals surface area contributed by atoms with Gasteiger partial charge in [0.25, 0.3) is 0 Å². The maximum atomic E-state index is 12.4. The number of nitrogens with one attached hydrogen (secondary N) is 2. The van der Waals surface area contributed by atoms with Crippen molar-refractivity contribution in [3.05, 3.63) is 35.9 Å². The molecule has 1 aromatic rings. The third-order valence-electron chi connectivity index (χ3n) is 5.26. The predicted molar refractivity (Wildman–Crippen MR) is 84.9 cm³/mol. The van der Waals surface area contributed by atoms with E-state index in [4.69, 9.17) is 0 Å². The van der Waals surface area contributed by atoms with Gasteiger partial charge in [0, 0.05) is 12.0 Å². The summed E-state index contributed by atoms with van der Waals surface area (Å²) < 4.78 is 0. The monoisotopic (exact) mass is 286 g/mol. The molecule has 21 heavy (non-hydrogen) atoms. The summed E-state index contributed by atoms with van der Waals surface area (Å²) in [6, 6.07) is 11.0. The van der Waals surface area contributed by atoms with E-state index < -0.39 is 0 Å². The molecule has 1 aliphatic heterocycles. The van der Waals surface area contributed by atoms with E-state index in [0.29, 0.717) is 17.9 Å². The predicted octanol–water partition coefficient (Wildman–Crippen LogP) is 2.37. The van der Waals surface area contributed by atoms with Crippen LogP contribution in [0.1, 0.15) is 31.7 Å². The van der Waals surface area contributed by atoms with Crippen molar-refractivity contribution in [2.24, 2.45) is 17.8 Å². The van der Waals surface area contributed by atoms with E-state index in [2.05, 4.69) is 47.9 Å². The van der Waals surface area contributed by atoms with E-state index in [9.17, 15) is 4.79 Å². The molecule has 1 saturated carbocycles. The van der Waals surface area contributed by atoms with Crippen LogP contribution in [0.4, 0.5) is 0 Å². The Labute approximate surface area is 127 Å². The average molecular weight is 286 g/mol. The molecule has 1 heterocycles. The SMILES string of the molecule is CC(C(=O)NC1CCCC1Cc1ccccc1)C1CNC1. The summed E-state index contributed by atoms with van der Waals surface area (Å²) in [6.45, 7) is 4.06. The number of hydrogen-bond acceptors (Lipinski definition) is 2. The van der Waals surface area contributed by atoms with Gasteiger partial charge in [0.05, 0.1) is 0 Å². The van der Waals surface area contributed by atoms with Crippen LogP contribution in [0.15, 0.2) is 30.3 Å². The highest BCUT2D eigenvalue weighted by Crippen LogP contribution is 2.29. The molecule has 1 amide bonds. The summed E-state index contributed by atoms with van der Waals surface area (Å²) in [6.07, 6.45) is 4.70. The lowest BCUT2D eigenvalue weighted by molar-refractivity contribution is -0.127. The standard InChI is InChI=1S/C18H26N2O/c1-13(16-11-19-12-16)18(21)20-17-9-5-8-15(17)10-14-6-3-2-4-7-14/h2-4,6-7,13,15-17,19H,5,8-12H2,1H3,(H,20,21). The van der Waals surface area contributed by atoms with Gasteiger partial charge >= 0.3 is 0 Å². The van der Waals surface area contributed by atoms with Crippen LogP contribution in [0.25, 0.3) is 0 Å². The number of carbonyl (C=O) groups is 1. The van der Waals surface area contributed by atoms with Crippen LogP contribution < -0.4 is 10.6 Å². The molecule has 1 aliphatic carbocycles. The highest BCUT2D eigenvalue weighted by atomic mass is 16.1. The number of hydrogen-bond donors (Lipinski definition) is 2. The van der Waals surface area contributed by atoms with Gasteiger partial charge in [-0.3, -0.25) is 4.79 Å². The van der Waals surface area contributed by atoms with Gasteiger partial charge < -0.3 is 10.6 Å². The van der Waals surface area contributed by atoms with Crippen LogP contribution in [0, 0.1) is 17.8 Å². The van der Waals surface area contributed by atoms with Gasteiger partial charge in [0.2, 0.25) is 5.91 Å². The average Bonchev–Trinajstić information content (AvgIpc) is 2.85. The lowest BCUT2D eigenvalue weighted by Crippen LogP contribution is -2.51. The summed E-state index contributed by atoms with van der Waals surface area (Å²) in [4.78, 5) is 12.4. The Balaban J connectivity index is 1.55. The first-order chi connectivity index (χ1) is 10.2. The van der Waals surface area contributed by atoms with Gasteiger partial charge in [0.15, 0.2) is 0 Å². The number of rotatable bonds is 5. The van der Waals surface area contributed by atoms with Crippen molar-refractivity contribution in [2.75, 3.05) is 13.1 Å². The Hall–Kier alpha value is -1.35. The minimum absolute atomic E-state index is 0.143. The van der Waals surface area contributed by atoms with Crippen molar-refractivity contribution in [2.45, 2.75) is 38.6 Å². The smallest absolute Gasteiger partial charge is 0.223 e. The van der Waals surface area contributed by atoms with Crippen LogP contribution in [0.3, 0.4) is 0 Å². The molecular weight excluding hydrogens is 260 g/mol. The molecule has 2 aliphatic rings. The molecule has 0 radical (unpaired) electrons. The normalized spacial score (nSPS) is 27.1. The first kappa shape index (κ1) is 14.6. The Bertz CT molecular complexity index is 469. The molecule has 114 valence electrons. The summed E-state index contributed by atoms with van der Waals surface area (Å²) in [5, 5.41) is 6.58. The van der Waals surface area contributed by atoms with Crippen LogP contribution >= 0.6 is 0 Å². The summed E-state index contributed by atoms with van der Waals surface area (Å²) in [5.74, 6) is 1.53. The zero-order valence-corrected chi connectivity index (χ0v) is 12.8. The molecule has 2 fully saturated rings. The summed E-state index contributed by atoms with van der Waals surface area (Å²) >= 11 is 0. The van der Waals surface area contributed by atoms with E-state index in [0.717, 1.165) is 25.9 Å². The van der Waals surface area contributed by atoms with Crippen molar-refractivity contribution in [1.29, 1.82) is 0 Å². The van der Waals surface area contributed by atoms with E-state index >= 15 is 0 Å². The van der Waals surface area contributed by atoms with Crippen molar-refractivity contribution < 1.29 is 4.79 Å². The van der Waals surface area contributed by atoms with Crippen molar-refractivity contribution >= 4 is 5.91 Å². The zero-order valence-electron chi connectivity index (χ0n) is 12.8. The van der Waals surface area contributed by atoms with Gasteiger partial charge in [-0.05, 0) is 49.8 Å². The zero-order chi connectivity index (χ0) is 14.7. The second kappa shape index (κ2) is 6.61. The first-order valence-electron chi connectivity index (χ1n) is 8.29. The van der Waals surface area contributed by atoms with Crippen LogP contribution in [-0.4, -0.2) is 25.0 Å². The maximum Gasteiger partial charge on any atom is 0.223 e. The van der Waals surface area contributed by atoms with Crippen molar-refractivity contribution in [3.8, 4) is 0 Å². The van der Waals surface area contributed by atoms with Crippen LogP contribution in [0.2, 0.25) is 0 Å². The molecule has 3 rings (SSSR count). The molecule has 0 spiro atoms. The maximum absolute atomic E-state index is 12.4. The molecule has 3 heteroatoms. The molecule has 0 aromatic heterocycles. The van der Waals surface area contributed by atoms with Crippen LogP contribution in [-0.2, 0) is 11.2 Å². The molecule has 2 N–H and O–H groups in total. The summed E-state index contributed by atoms with van der Waals surface area (Å²) in [7, 11) is 0. The molecule has 1 aromatic carbocycles. The Morgan fingerprint density at radius 2 is 2.05 bits per heavy atom. The lowest BCUT2D eigenvalue weighted by atomic mass is 9.87. The minimum Gasteiger partial charge on any atom is -0.353 e. The minimum atomic E-state index is 0.143. The number of amides is 1. The second-order valence-electron chi connectivity index (χ2n) is 6.70. The molecule has 1 saturated heterocycles. The van der Waals surface area contributed by atoms with Gasteiger partial charge in [0.1, 0.15) is 0 Å². The lowest BCUT2D eigenvalue weighted by Gasteiger charge is -2.33. The molecule has 3 unspecified atom stereocenters. The molecule has 0 bridgehead atoms. The van der Waals surface area contributed by atoms with Crippen LogP contribution in [0.5, 0.6) is 0 Å².